The summed E-state index contributed by atoms with van der Waals surface area (Å²) < 4.78 is 0. The predicted octanol–water partition coefficient (Wildman–Crippen LogP) is 0.546. The van der Waals surface area contributed by atoms with Crippen molar-refractivity contribution in [2.45, 2.75) is 44.7 Å². The van der Waals surface area contributed by atoms with Gasteiger partial charge in [0, 0.05) is 25.6 Å². The molecule has 0 aromatic heterocycles. The lowest BCUT2D eigenvalue weighted by Crippen LogP contribution is -2.44. The number of carboxylic acid groups (broad SMARTS) is 1. The first-order chi connectivity index (χ1) is 8.08. The number of aliphatic carboxylic acids is 1. The second-order valence-corrected chi connectivity index (χ2v) is 5.06. The molecule has 96 valence electrons. The number of hydrogen-bond donors (Lipinski definition) is 1. The van der Waals surface area contributed by atoms with E-state index in [0.29, 0.717) is 12.6 Å². The third kappa shape index (κ3) is 3.19. The minimum atomic E-state index is -0.780. The molecule has 0 radical (unpaired) electrons. The predicted molar refractivity (Wildman–Crippen MR) is 62.6 cm³/mol. The van der Waals surface area contributed by atoms with Gasteiger partial charge in [-0.1, -0.05) is 0 Å². The lowest BCUT2D eigenvalue weighted by Gasteiger charge is -2.29. The summed E-state index contributed by atoms with van der Waals surface area (Å²) in [5.41, 5.74) is 0. The first-order valence-corrected chi connectivity index (χ1v) is 6.31. The van der Waals surface area contributed by atoms with Gasteiger partial charge in [0.15, 0.2) is 0 Å². The van der Waals surface area contributed by atoms with Crippen molar-refractivity contribution in [2.24, 2.45) is 0 Å². The van der Waals surface area contributed by atoms with Crippen molar-refractivity contribution in [3.05, 3.63) is 0 Å². The highest BCUT2D eigenvalue weighted by atomic mass is 16.4. The van der Waals surface area contributed by atoms with Crippen molar-refractivity contribution in [2.75, 3.05) is 19.6 Å². The normalized spacial score (nSPS) is 24.9. The van der Waals surface area contributed by atoms with Gasteiger partial charge in [-0.2, -0.15) is 0 Å². The molecule has 5 nitrogen and oxygen atoms in total. The largest absolute Gasteiger partial charge is 0.480 e. The molecule has 1 heterocycles. The van der Waals surface area contributed by atoms with Crippen LogP contribution in [-0.2, 0) is 9.59 Å². The standard InChI is InChI=1S/C12H20N2O3/c1-9(15)14(10-4-5-10)7-11-3-2-6-13(11)8-12(16)17/h10-11H,2-8H2,1H3,(H,16,17)/t11-/m1/s1. The second kappa shape index (κ2) is 5.04. The van der Waals surface area contributed by atoms with Crippen LogP contribution in [-0.4, -0.2) is 58.5 Å². The number of carbonyl (C=O) groups is 2. The van der Waals surface area contributed by atoms with Crippen molar-refractivity contribution in [3.63, 3.8) is 0 Å². The van der Waals surface area contributed by atoms with E-state index >= 15 is 0 Å². The van der Waals surface area contributed by atoms with Crippen molar-refractivity contribution >= 4 is 11.9 Å². The molecule has 5 heteroatoms. The molecule has 2 aliphatic rings. The molecule has 1 saturated heterocycles. The van der Waals surface area contributed by atoms with E-state index in [1.165, 1.54) is 0 Å². The zero-order valence-corrected chi connectivity index (χ0v) is 10.3. The highest BCUT2D eigenvalue weighted by Crippen LogP contribution is 2.29. The van der Waals surface area contributed by atoms with E-state index in [-0.39, 0.29) is 18.5 Å². The number of carbonyl (C=O) groups excluding carboxylic acids is 1. The van der Waals surface area contributed by atoms with Gasteiger partial charge in [0.05, 0.1) is 6.54 Å². The van der Waals surface area contributed by atoms with Crippen molar-refractivity contribution in [1.29, 1.82) is 0 Å². The van der Waals surface area contributed by atoms with Crippen LogP contribution in [0.15, 0.2) is 0 Å². The molecule has 0 bridgehead atoms. The molecule has 0 aromatic rings. The minimum Gasteiger partial charge on any atom is -0.480 e. The van der Waals surface area contributed by atoms with Crippen LogP contribution >= 0.6 is 0 Å². The molecular formula is C12H20N2O3. The van der Waals surface area contributed by atoms with E-state index in [4.69, 9.17) is 5.11 Å². The lowest BCUT2D eigenvalue weighted by molar-refractivity contribution is -0.138. The van der Waals surface area contributed by atoms with Gasteiger partial charge in [-0.25, -0.2) is 0 Å². The minimum absolute atomic E-state index is 0.0983. The van der Waals surface area contributed by atoms with E-state index < -0.39 is 5.97 Å². The number of hydrogen-bond acceptors (Lipinski definition) is 3. The number of rotatable bonds is 5. The van der Waals surface area contributed by atoms with Gasteiger partial charge in [-0.05, 0) is 32.2 Å². The van der Waals surface area contributed by atoms with Gasteiger partial charge in [0.1, 0.15) is 0 Å². The van der Waals surface area contributed by atoms with Gasteiger partial charge >= 0.3 is 5.97 Å². The number of nitrogens with zero attached hydrogens (tertiary/aromatic N) is 2. The van der Waals surface area contributed by atoms with Gasteiger partial charge in [-0.3, -0.25) is 14.5 Å². The Morgan fingerprint density at radius 2 is 2.06 bits per heavy atom. The summed E-state index contributed by atoms with van der Waals surface area (Å²) in [5.74, 6) is -0.660. The third-order valence-electron chi connectivity index (χ3n) is 3.64. The van der Waals surface area contributed by atoms with E-state index in [9.17, 15) is 9.59 Å². The Morgan fingerprint density at radius 3 is 2.59 bits per heavy atom. The fourth-order valence-corrected chi connectivity index (χ4v) is 2.63. The molecule has 0 spiro atoms. The average molecular weight is 240 g/mol. The molecule has 1 atom stereocenters. The second-order valence-electron chi connectivity index (χ2n) is 5.06. The fraction of sp³-hybridized carbons (Fsp3) is 0.833. The van der Waals surface area contributed by atoms with Gasteiger partial charge in [-0.15, -0.1) is 0 Å². The zero-order chi connectivity index (χ0) is 12.4. The molecule has 1 saturated carbocycles. The van der Waals surface area contributed by atoms with Crippen LogP contribution in [0.4, 0.5) is 0 Å². The molecule has 2 rings (SSSR count). The quantitative estimate of drug-likeness (QED) is 0.762. The Labute approximate surface area is 101 Å². The van der Waals surface area contributed by atoms with Crippen molar-refractivity contribution < 1.29 is 14.7 Å². The Hall–Kier alpha value is -1.10. The first-order valence-electron chi connectivity index (χ1n) is 6.31. The highest BCUT2D eigenvalue weighted by molar-refractivity contribution is 5.74. The fourth-order valence-electron chi connectivity index (χ4n) is 2.63. The average Bonchev–Trinajstić information content (AvgIpc) is 2.97. The summed E-state index contributed by atoms with van der Waals surface area (Å²) in [6, 6.07) is 0.648. The van der Waals surface area contributed by atoms with Crippen LogP contribution < -0.4 is 0 Å². The first kappa shape index (κ1) is 12.4. The zero-order valence-electron chi connectivity index (χ0n) is 10.3. The highest BCUT2D eigenvalue weighted by Gasteiger charge is 2.35. The molecular weight excluding hydrogens is 220 g/mol. The molecule has 2 fully saturated rings. The maximum absolute atomic E-state index is 11.5. The summed E-state index contributed by atoms with van der Waals surface area (Å²) in [6.45, 7) is 3.25. The smallest absolute Gasteiger partial charge is 0.317 e. The van der Waals surface area contributed by atoms with Gasteiger partial charge in [0.2, 0.25) is 5.91 Å². The van der Waals surface area contributed by atoms with Gasteiger partial charge in [0.25, 0.3) is 0 Å². The molecule has 1 aliphatic carbocycles. The summed E-state index contributed by atoms with van der Waals surface area (Å²) in [6.07, 6.45) is 4.24. The van der Waals surface area contributed by atoms with E-state index in [0.717, 1.165) is 32.2 Å². The maximum Gasteiger partial charge on any atom is 0.317 e. The Kier molecular flexibility index (Phi) is 3.66. The van der Waals surface area contributed by atoms with E-state index in [1.807, 2.05) is 9.80 Å². The number of amides is 1. The molecule has 0 aromatic carbocycles. The van der Waals surface area contributed by atoms with Gasteiger partial charge < -0.3 is 10.0 Å². The SMILES string of the molecule is CC(=O)N(C[C@H]1CCCN1CC(=O)O)C1CC1. The topological polar surface area (TPSA) is 60.9 Å². The van der Waals surface area contributed by atoms with Crippen LogP contribution in [0, 0.1) is 0 Å². The number of carboxylic acids is 1. The monoisotopic (exact) mass is 240 g/mol. The molecule has 0 unspecified atom stereocenters. The Bertz CT molecular complexity index is 315. The number of likely N-dealkylation sites (tertiary alicyclic amines) is 1. The van der Waals surface area contributed by atoms with E-state index in [2.05, 4.69) is 0 Å². The van der Waals surface area contributed by atoms with Crippen LogP contribution in [0.3, 0.4) is 0 Å². The van der Waals surface area contributed by atoms with Crippen LogP contribution in [0.5, 0.6) is 0 Å². The van der Waals surface area contributed by atoms with Crippen LogP contribution in [0.1, 0.15) is 32.6 Å². The molecule has 1 N–H and O–H groups in total. The Balaban J connectivity index is 1.91. The van der Waals surface area contributed by atoms with Crippen LogP contribution in [0.2, 0.25) is 0 Å². The maximum atomic E-state index is 11.5. The lowest BCUT2D eigenvalue weighted by atomic mass is 10.2. The van der Waals surface area contributed by atoms with E-state index in [1.54, 1.807) is 6.92 Å². The van der Waals surface area contributed by atoms with Crippen molar-refractivity contribution in [1.82, 2.24) is 9.80 Å². The Morgan fingerprint density at radius 1 is 1.35 bits per heavy atom. The van der Waals surface area contributed by atoms with Crippen molar-refractivity contribution in [3.8, 4) is 0 Å². The molecule has 1 amide bonds. The summed E-state index contributed by atoms with van der Waals surface area (Å²) in [5, 5.41) is 8.83. The summed E-state index contributed by atoms with van der Waals surface area (Å²) in [7, 11) is 0. The summed E-state index contributed by atoms with van der Waals surface area (Å²) in [4.78, 5) is 26.2. The molecule has 17 heavy (non-hydrogen) atoms. The third-order valence-corrected chi connectivity index (χ3v) is 3.64. The summed E-state index contributed by atoms with van der Waals surface area (Å²) >= 11 is 0. The van der Waals surface area contributed by atoms with Crippen LogP contribution in [0.25, 0.3) is 0 Å². The molecule has 1 aliphatic heterocycles.